The van der Waals surface area contributed by atoms with Gasteiger partial charge in [-0.25, -0.2) is 0 Å². The summed E-state index contributed by atoms with van der Waals surface area (Å²) in [6.07, 6.45) is 0. The molecule has 0 amide bonds. The first-order valence-electron chi connectivity index (χ1n) is 22.2. The molecule has 2 aromatic heterocycles. The van der Waals surface area contributed by atoms with E-state index in [1.807, 2.05) is 0 Å². The maximum atomic E-state index is 2.50. The first-order chi connectivity index (χ1) is 31.8. The summed E-state index contributed by atoms with van der Waals surface area (Å²) in [6, 6.07) is 85.5. The minimum absolute atomic E-state index is 1.19. The third-order valence-corrected chi connectivity index (χ3v) is 13.8. The van der Waals surface area contributed by atoms with Gasteiger partial charge < -0.3 is 9.13 Å². The van der Waals surface area contributed by atoms with Crippen LogP contribution in [0.2, 0.25) is 0 Å². The van der Waals surface area contributed by atoms with Gasteiger partial charge in [-0.05, 0) is 102 Å². The zero-order valence-corrected chi connectivity index (χ0v) is 34.8. The van der Waals surface area contributed by atoms with Crippen LogP contribution in [0.5, 0.6) is 0 Å². The Hall–Kier alpha value is -8.46. The van der Waals surface area contributed by atoms with Gasteiger partial charge in [0.25, 0.3) is 0 Å². The maximum Gasteiger partial charge on any atom is 0.0547 e. The number of fused-ring (bicyclic) bond motifs is 13. The molecule has 2 heteroatoms. The third kappa shape index (κ3) is 5.02. The highest BCUT2D eigenvalue weighted by Crippen LogP contribution is 2.44. The van der Waals surface area contributed by atoms with Crippen LogP contribution in [0.4, 0.5) is 0 Å². The summed E-state index contributed by atoms with van der Waals surface area (Å²) in [5, 5.41) is 17.5. The number of aromatic nitrogens is 2. The van der Waals surface area contributed by atoms with Crippen molar-refractivity contribution in [1.29, 1.82) is 0 Å². The fraction of sp³-hybridized carbons (Fsp3) is 0. The van der Waals surface area contributed by atoms with Crippen LogP contribution in [0.3, 0.4) is 0 Å². The van der Waals surface area contributed by atoms with Crippen LogP contribution in [-0.2, 0) is 0 Å². The average molecular weight is 811 g/mol. The molecule has 0 bridgehead atoms. The van der Waals surface area contributed by atoms with Crippen molar-refractivity contribution in [2.24, 2.45) is 0 Å². The Balaban J connectivity index is 1.02. The number of rotatable bonds is 4. The second-order valence-electron chi connectivity index (χ2n) is 17.2. The summed E-state index contributed by atoms with van der Waals surface area (Å²) in [5.41, 5.74) is 12.0. The largest absolute Gasteiger partial charge is 0.309 e. The van der Waals surface area contributed by atoms with Gasteiger partial charge in [0.2, 0.25) is 0 Å². The van der Waals surface area contributed by atoms with Gasteiger partial charge in [0, 0.05) is 32.3 Å². The number of para-hydroxylation sites is 2. The molecule has 0 radical (unpaired) electrons. The smallest absolute Gasteiger partial charge is 0.0547 e. The Bertz CT molecular complexity index is 3990. The fourth-order valence-electron chi connectivity index (χ4n) is 11.1. The molecule has 0 saturated heterocycles. The Kier molecular flexibility index (Phi) is 7.43. The van der Waals surface area contributed by atoms with E-state index in [-0.39, 0.29) is 0 Å². The van der Waals surface area contributed by atoms with E-state index >= 15 is 0 Å². The van der Waals surface area contributed by atoms with E-state index in [0.717, 1.165) is 0 Å². The summed E-state index contributed by atoms with van der Waals surface area (Å²) >= 11 is 0. The van der Waals surface area contributed by atoms with E-state index < -0.39 is 0 Å². The highest BCUT2D eigenvalue weighted by molar-refractivity contribution is 6.18. The van der Waals surface area contributed by atoms with Crippen molar-refractivity contribution in [2.45, 2.75) is 0 Å². The van der Waals surface area contributed by atoms with Gasteiger partial charge in [-0.1, -0.05) is 194 Å². The van der Waals surface area contributed by atoms with E-state index in [2.05, 4.69) is 240 Å². The van der Waals surface area contributed by atoms with Crippen molar-refractivity contribution in [3.63, 3.8) is 0 Å². The Morgan fingerprint density at radius 1 is 0.219 bits per heavy atom. The molecule has 2 heterocycles. The molecule has 0 saturated carbocycles. The van der Waals surface area contributed by atoms with Gasteiger partial charge in [-0.15, -0.1) is 0 Å². The van der Waals surface area contributed by atoms with Crippen LogP contribution >= 0.6 is 0 Å². The monoisotopic (exact) mass is 810 g/mol. The predicted octanol–water partition coefficient (Wildman–Crippen LogP) is 17.0. The van der Waals surface area contributed by atoms with Gasteiger partial charge in [-0.2, -0.15) is 0 Å². The molecule has 0 atom stereocenters. The lowest BCUT2D eigenvalue weighted by atomic mass is 9.91. The SMILES string of the molecule is c1cc(-c2ccc3c4ccccc4n(-c4cc5ccccc5c5ccccc45)c3c2)c2c(-c3ccc4c5ccccc5n(-c5cc6ccccc6c6ccccc56)c4c3)cccc2c1. The summed E-state index contributed by atoms with van der Waals surface area (Å²) in [7, 11) is 0. The van der Waals surface area contributed by atoms with E-state index in [1.54, 1.807) is 0 Å². The zero-order valence-electron chi connectivity index (χ0n) is 34.8. The van der Waals surface area contributed by atoms with Crippen LogP contribution in [0.25, 0.3) is 131 Å². The molecule has 14 aromatic rings. The van der Waals surface area contributed by atoms with E-state index in [0.29, 0.717) is 0 Å². The third-order valence-electron chi connectivity index (χ3n) is 13.8. The minimum atomic E-state index is 1.19. The second-order valence-corrected chi connectivity index (χ2v) is 17.2. The number of hydrogen-bond donors (Lipinski definition) is 0. The zero-order chi connectivity index (χ0) is 41.9. The minimum Gasteiger partial charge on any atom is -0.309 e. The molecule has 64 heavy (non-hydrogen) atoms. The molecule has 0 N–H and O–H groups in total. The summed E-state index contributed by atoms with van der Waals surface area (Å²) in [5.74, 6) is 0. The number of nitrogens with zero attached hydrogens (tertiary/aromatic N) is 2. The maximum absolute atomic E-state index is 2.50. The highest BCUT2D eigenvalue weighted by Gasteiger charge is 2.20. The molecule has 296 valence electrons. The summed E-state index contributed by atoms with van der Waals surface area (Å²) in [6.45, 7) is 0. The van der Waals surface area contributed by atoms with Crippen LogP contribution in [-0.4, -0.2) is 9.13 Å². The first-order valence-corrected chi connectivity index (χ1v) is 22.2. The first kappa shape index (κ1) is 35.2. The molecular formula is C62H38N2. The van der Waals surface area contributed by atoms with Gasteiger partial charge in [0.05, 0.1) is 33.4 Å². The van der Waals surface area contributed by atoms with Crippen LogP contribution in [0.1, 0.15) is 0 Å². The van der Waals surface area contributed by atoms with E-state index in [9.17, 15) is 0 Å². The molecule has 0 aliphatic heterocycles. The Morgan fingerprint density at radius 3 is 1.05 bits per heavy atom. The Morgan fingerprint density at radius 2 is 0.578 bits per heavy atom. The lowest BCUT2D eigenvalue weighted by Crippen LogP contribution is -1.97. The molecule has 0 aliphatic rings. The summed E-state index contributed by atoms with van der Waals surface area (Å²) < 4.78 is 5.00. The average Bonchev–Trinajstić information content (AvgIpc) is 3.87. The molecule has 0 aliphatic carbocycles. The lowest BCUT2D eigenvalue weighted by Gasteiger charge is -2.16. The molecule has 0 spiro atoms. The van der Waals surface area contributed by atoms with E-state index in [4.69, 9.17) is 0 Å². The fourth-order valence-corrected chi connectivity index (χ4v) is 11.1. The lowest BCUT2D eigenvalue weighted by molar-refractivity contribution is 1.20. The predicted molar refractivity (Wildman–Crippen MR) is 274 cm³/mol. The van der Waals surface area contributed by atoms with Gasteiger partial charge >= 0.3 is 0 Å². The Labute approximate surface area is 369 Å². The van der Waals surface area contributed by atoms with Crippen molar-refractivity contribution in [1.82, 2.24) is 9.13 Å². The van der Waals surface area contributed by atoms with Crippen molar-refractivity contribution in [3.05, 3.63) is 231 Å². The van der Waals surface area contributed by atoms with Crippen LogP contribution < -0.4 is 0 Å². The van der Waals surface area contributed by atoms with Gasteiger partial charge in [0.15, 0.2) is 0 Å². The molecule has 0 unspecified atom stereocenters. The highest BCUT2D eigenvalue weighted by atomic mass is 15.0. The van der Waals surface area contributed by atoms with E-state index in [1.165, 1.54) is 131 Å². The molecular weight excluding hydrogens is 773 g/mol. The van der Waals surface area contributed by atoms with Crippen molar-refractivity contribution in [2.75, 3.05) is 0 Å². The van der Waals surface area contributed by atoms with Gasteiger partial charge in [0.1, 0.15) is 0 Å². The summed E-state index contributed by atoms with van der Waals surface area (Å²) in [4.78, 5) is 0. The standard InChI is InChI=1S/C62H38N2/c1-3-19-44-40(15-1)35-58(50-23-7-5-21-48(44)50)63-56-29-11-9-25-52(56)54-33-31-42(37-60(54)63)46-27-13-17-39-18-14-28-47(62(39)46)43-32-34-55-53-26-10-12-30-57(53)64(61(55)38-43)59-36-41-16-2-4-20-45(41)49-22-6-8-24-51(49)59/h1-38H. The van der Waals surface area contributed by atoms with Crippen LogP contribution in [0, 0.1) is 0 Å². The van der Waals surface area contributed by atoms with Crippen LogP contribution in [0.15, 0.2) is 231 Å². The van der Waals surface area contributed by atoms with Crippen molar-refractivity contribution >= 4 is 97.5 Å². The molecule has 12 aromatic carbocycles. The second kappa shape index (κ2) is 13.5. The topological polar surface area (TPSA) is 9.86 Å². The normalized spacial score (nSPS) is 12.1. The van der Waals surface area contributed by atoms with Crippen molar-refractivity contribution < 1.29 is 0 Å². The van der Waals surface area contributed by atoms with Gasteiger partial charge in [-0.3, -0.25) is 0 Å². The molecule has 14 rings (SSSR count). The molecule has 0 fully saturated rings. The number of hydrogen-bond acceptors (Lipinski definition) is 0. The van der Waals surface area contributed by atoms with Crippen molar-refractivity contribution in [3.8, 4) is 33.6 Å². The number of benzene rings is 12. The molecule has 2 nitrogen and oxygen atoms in total. The quantitative estimate of drug-likeness (QED) is 0.157.